The summed E-state index contributed by atoms with van der Waals surface area (Å²) in [6.45, 7) is 11.1. The standard InChI is InChI=1S/C43H37N5.Pt/c1-28-23-29(2)40(30(3)24-28)35-27-47(45-41(35)31-13-8-7-9-14-31)33-19-20-37-39(26-33)48(38-18-11-10-17-36(38)43(37,4)5)34-16-12-15-32(25-34)42-44-21-22-46(42)6;/h7-24,27H,1-6H3;/q-2;+2. The van der Waals surface area contributed by atoms with Crippen LogP contribution in [0.2, 0.25) is 0 Å². The molecule has 244 valence electrons. The van der Waals surface area contributed by atoms with Crippen LogP contribution >= 0.6 is 0 Å². The number of fused-ring (bicyclic) bond motifs is 2. The Balaban J connectivity index is 0.00000378. The Morgan fingerprint density at radius 1 is 0.735 bits per heavy atom. The zero-order valence-corrected chi connectivity index (χ0v) is 30.8. The molecule has 2 aromatic heterocycles. The van der Waals surface area contributed by atoms with E-state index in [0.717, 1.165) is 51.0 Å². The summed E-state index contributed by atoms with van der Waals surface area (Å²) in [5.41, 5.74) is 15.2. The van der Waals surface area contributed by atoms with Gasteiger partial charge in [0.15, 0.2) is 0 Å². The van der Waals surface area contributed by atoms with Gasteiger partial charge in [0.2, 0.25) is 0 Å². The van der Waals surface area contributed by atoms with Gasteiger partial charge >= 0.3 is 21.1 Å². The molecular weight excluding hydrogens is 782 g/mol. The molecule has 6 heteroatoms. The Morgan fingerprint density at radius 2 is 1.47 bits per heavy atom. The Hall–Kier alpha value is -4.99. The molecule has 0 N–H and O–H groups in total. The Kier molecular flexibility index (Phi) is 8.29. The zero-order chi connectivity index (χ0) is 33.2. The molecule has 5 aromatic carbocycles. The molecule has 0 aliphatic carbocycles. The molecule has 0 atom stereocenters. The number of rotatable bonds is 5. The number of benzene rings is 5. The smallest absolute Gasteiger partial charge is 0.373 e. The average molecular weight is 819 g/mol. The fourth-order valence-electron chi connectivity index (χ4n) is 7.44. The van der Waals surface area contributed by atoms with Crippen LogP contribution in [0.4, 0.5) is 17.1 Å². The fourth-order valence-corrected chi connectivity index (χ4v) is 7.44. The molecule has 49 heavy (non-hydrogen) atoms. The molecular formula is C43H37N5Pt. The van der Waals surface area contributed by atoms with E-state index in [1.54, 1.807) is 0 Å². The third-order valence-corrected chi connectivity index (χ3v) is 9.66. The topological polar surface area (TPSA) is 38.9 Å². The first-order valence-electron chi connectivity index (χ1n) is 16.4. The van der Waals surface area contributed by atoms with Crippen molar-refractivity contribution in [3.8, 4) is 39.5 Å². The van der Waals surface area contributed by atoms with Crippen molar-refractivity contribution in [3.05, 3.63) is 156 Å². The van der Waals surface area contributed by atoms with E-state index in [-0.39, 0.29) is 26.5 Å². The summed E-state index contributed by atoms with van der Waals surface area (Å²) >= 11 is 0. The predicted octanol–water partition coefficient (Wildman–Crippen LogP) is 10.2. The Morgan fingerprint density at radius 3 is 2.20 bits per heavy atom. The van der Waals surface area contributed by atoms with Crippen LogP contribution in [0, 0.1) is 32.9 Å². The van der Waals surface area contributed by atoms with E-state index in [2.05, 4.69) is 154 Å². The minimum absolute atomic E-state index is 0. The van der Waals surface area contributed by atoms with Crippen molar-refractivity contribution in [1.82, 2.24) is 19.3 Å². The summed E-state index contributed by atoms with van der Waals surface area (Å²) in [6, 6.07) is 41.9. The molecule has 1 aliphatic heterocycles. The van der Waals surface area contributed by atoms with E-state index >= 15 is 0 Å². The molecule has 0 radical (unpaired) electrons. The second-order valence-corrected chi connectivity index (χ2v) is 13.4. The first kappa shape index (κ1) is 32.6. The fraction of sp³-hybridized carbons (Fsp3) is 0.163. The number of nitrogens with zero attached hydrogens (tertiary/aromatic N) is 5. The van der Waals surface area contributed by atoms with Gasteiger partial charge in [0.1, 0.15) is 5.69 Å². The van der Waals surface area contributed by atoms with Crippen LogP contribution < -0.4 is 4.90 Å². The molecule has 8 rings (SSSR count). The van der Waals surface area contributed by atoms with Gasteiger partial charge in [-0.05, 0) is 65.9 Å². The van der Waals surface area contributed by atoms with Crippen LogP contribution in [-0.4, -0.2) is 19.3 Å². The van der Waals surface area contributed by atoms with E-state index in [1.165, 1.54) is 33.4 Å². The van der Waals surface area contributed by atoms with Crippen molar-refractivity contribution in [2.24, 2.45) is 7.05 Å². The molecule has 0 saturated heterocycles. The summed E-state index contributed by atoms with van der Waals surface area (Å²) in [5.74, 6) is 0.875. The monoisotopic (exact) mass is 818 g/mol. The SMILES string of the molecule is Cc1cc(C)c(-c2cn(-c3[c-]c4c(cc3)C(C)(C)c3ccccc3N4c3[c-]c(-c4nccn4C)ccc3)nc2-c2ccccc2)c(C)c1.[Pt+2]. The molecule has 3 heterocycles. The predicted molar refractivity (Wildman–Crippen MR) is 195 cm³/mol. The van der Waals surface area contributed by atoms with E-state index in [9.17, 15) is 0 Å². The van der Waals surface area contributed by atoms with Gasteiger partial charge in [0.25, 0.3) is 0 Å². The molecule has 0 spiro atoms. The average Bonchev–Trinajstić information content (AvgIpc) is 3.72. The minimum Gasteiger partial charge on any atom is -0.373 e. The first-order chi connectivity index (χ1) is 23.2. The van der Waals surface area contributed by atoms with Crippen molar-refractivity contribution >= 4 is 17.1 Å². The second-order valence-electron chi connectivity index (χ2n) is 13.4. The van der Waals surface area contributed by atoms with E-state index in [1.807, 2.05) is 34.8 Å². The number of hydrogen-bond donors (Lipinski definition) is 0. The summed E-state index contributed by atoms with van der Waals surface area (Å²) in [5, 5.41) is 5.26. The van der Waals surface area contributed by atoms with Crippen LogP contribution in [0.5, 0.6) is 0 Å². The van der Waals surface area contributed by atoms with Gasteiger partial charge in [-0.25, -0.2) is 0 Å². The third kappa shape index (κ3) is 5.47. The van der Waals surface area contributed by atoms with Crippen LogP contribution in [0.15, 0.2) is 116 Å². The summed E-state index contributed by atoms with van der Waals surface area (Å²) in [6.07, 6.45) is 5.96. The van der Waals surface area contributed by atoms with Crippen molar-refractivity contribution < 1.29 is 21.1 Å². The number of para-hydroxylation sites is 1. The van der Waals surface area contributed by atoms with E-state index < -0.39 is 0 Å². The molecule has 0 fully saturated rings. The maximum atomic E-state index is 5.26. The molecule has 0 bridgehead atoms. The van der Waals surface area contributed by atoms with Crippen molar-refractivity contribution in [1.29, 1.82) is 0 Å². The molecule has 0 unspecified atom stereocenters. The number of imidazole rings is 1. The van der Waals surface area contributed by atoms with Crippen LogP contribution in [0.3, 0.4) is 0 Å². The van der Waals surface area contributed by atoms with Crippen LogP contribution in [0.1, 0.15) is 41.7 Å². The molecule has 0 saturated carbocycles. The van der Waals surface area contributed by atoms with Crippen molar-refractivity contribution in [3.63, 3.8) is 0 Å². The van der Waals surface area contributed by atoms with Gasteiger partial charge in [0.05, 0.1) is 5.82 Å². The second kappa shape index (κ2) is 12.5. The summed E-state index contributed by atoms with van der Waals surface area (Å²) in [7, 11) is 2.01. The van der Waals surface area contributed by atoms with Crippen LogP contribution in [-0.2, 0) is 33.5 Å². The van der Waals surface area contributed by atoms with Gasteiger partial charge in [0, 0.05) is 42.5 Å². The van der Waals surface area contributed by atoms with Crippen LogP contribution in [0.25, 0.3) is 39.5 Å². The van der Waals surface area contributed by atoms with E-state index in [0.29, 0.717) is 0 Å². The zero-order valence-electron chi connectivity index (χ0n) is 28.5. The molecule has 0 amide bonds. The third-order valence-electron chi connectivity index (χ3n) is 9.66. The van der Waals surface area contributed by atoms with Gasteiger partial charge in [-0.3, -0.25) is 9.67 Å². The van der Waals surface area contributed by atoms with Gasteiger partial charge in [-0.1, -0.05) is 85.8 Å². The van der Waals surface area contributed by atoms with E-state index in [4.69, 9.17) is 5.10 Å². The number of aromatic nitrogens is 4. The largest absolute Gasteiger partial charge is 2.00 e. The molecule has 1 aliphatic rings. The Labute approximate surface area is 303 Å². The normalized spacial score (nSPS) is 13.1. The number of aryl methyl sites for hydroxylation is 4. The van der Waals surface area contributed by atoms with Gasteiger partial charge < -0.3 is 9.47 Å². The van der Waals surface area contributed by atoms with Gasteiger partial charge in [-0.15, -0.1) is 47.5 Å². The van der Waals surface area contributed by atoms with Crippen molar-refractivity contribution in [2.75, 3.05) is 4.90 Å². The Bertz CT molecular complexity index is 2310. The first-order valence-corrected chi connectivity index (χ1v) is 16.4. The number of hydrogen-bond acceptors (Lipinski definition) is 3. The van der Waals surface area contributed by atoms with Crippen molar-refractivity contribution in [2.45, 2.75) is 40.0 Å². The summed E-state index contributed by atoms with van der Waals surface area (Å²) in [4.78, 5) is 6.90. The number of anilines is 3. The molecule has 5 nitrogen and oxygen atoms in total. The van der Waals surface area contributed by atoms with Gasteiger partial charge in [-0.2, -0.15) is 11.2 Å². The maximum absolute atomic E-state index is 5.26. The summed E-state index contributed by atoms with van der Waals surface area (Å²) < 4.78 is 4.02. The maximum Gasteiger partial charge on any atom is 2.00 e. The minimum atomic E-state index is -0.241. The molecule has 7 aromatic rings. The quantitative estimate of drug-likeness (QED) is 0.163.